The highest BCUT2D eigenvalue weighted by atomic mass is 16.6. The monoisotopic (exact) mass is 415 g/mol. The maximum Gasteiger partial charge on any atom is 0.321 e. The summed E-state index contributed by atoms with van der Waals surface area (Å²) < 4.78 is 17.6. The second-order valence-electron chi connectivity index (χ2n) is 7.63. The number of hydrogen-bond acceptors (Lipinski definition) is 6. The first-order valence-electron chi connectivity index (χ1n) is 9.98. The highest BCUT2D eigenvalue weighted by Crippen LogP contribution is 2.32. The molecule has 162 valence electrons. The van der Waals surface area contributed by atoms with E-state index in [9.17, 15) is 14.4 Å². The number of aromatic nitrogens is 1. The Morgan fingerprint density at radius 3 is 1.93 bits per heavy atom. The Morgan fingerprint density at radius 2 is 1.43 bits per heavy atom. The van der Waals surface area contributed by atoms with Crippen LogP contribution in [0.5, 0.6) is 0 Å². The highest BCUT2D eigenvalue weighted by Gasteiger charge is 2.46. The normalized spacial score (nSPS) is 12.3. The van der Waals surface area contributed by atoms with E-state index in [-0.39, 0.29) is 13.2 Å². The van der Waals surface area contributed by atoms with Crippen molar-refractivity contribution in [1.29, 1.82) is 0 Å². The number of ether oxygens (including phenoxy) is 3. The minimum absolute atomic E-state index is 0.0650. The molecule has 0 spiro atoms. The number of carbonyl (C=O) groups is 3. The average molecular weight is 415 g/mol. The highest BCUT2D eigenvalue weighted by molar-refractivity contribution is 6.01. The van der Waals surface area contributed by atoms with Gasteiger partial charge >= 0.3 is 17.9 Å². The molecule has 0 amide bonds. The van der Waals surface area contributed by atoms with Crippen LogP contribution in [0.2, 0.25) is 0 Å². The van der Waals surface area contributed by atoms with Crippen molar-refractivity contribution in [2.24, 2.45) is 5.92 Å². The van der Waals surface area contributed by atoms with Gasteiger partial charge < -0.3 is 18.8 Å². The molecule has 30 heavy (non-hydrogen) atoms. The van der Waals surface area contributed by atoms with Crippen LogP contribution >= 0.6 is 0 Å². The molecule has 0 aliphatic heterocycles. The largest absolute Gasteiger partial charge is 0.465 e. The zero-order chi connectivity index (χ0) is 22.3. The third-order valence-corrected chi connectivity index (χ3v) is 4.21. The van der Waals surface area contributed by atoms with Crippen molar-refractivity contribution in [3.05, 3.63) is 54.4 Å². The first-order chi connectivity index (χ1) is 14.2. The smallest absolute Gasteiger partial charge is 0.321 e. The zero-order valence-corrected chi connectivity index (χ0v) is 18.1. The zero-order valence-electron chi connectivity index (χ0n) is 18.1. The van der Waals surface area contributed by atoms with Gasteiger partial charge in [-0.2, -0.15) is 0 Å². The van der Waals surface area contributed by atoms with Crippen LogP contribution in [0, 0.1) is 5.92 Å². The molecule has 0 N–H and O–H groups in total. The van der Waals surface area contributed by atoms with Crippen molar-refractivity contribution in [3.8, 4) is 5.69 Å². The van der Waals surface area contributed by atoms with E-state index in [4.69, 9.17) is 14.2 Å². The Kier molecular flexibility index (Phi) is 7.80. The van der Waals surface area contributed by atoms with E-state index in [1.54, 1.807) is 57.5 Å². The number of hydrogen-bond donors (Lipinski definition) is 0. The standard InChI is InChI=1S/C23H29NO6/c1-6-28-20(25)19(21(26)29-7-2)18(22(27)30-23(3,4)5)17-14-11-15-24(17)16-12-9-8-10-13-16/h8-15,18-19H,6-7H2,1-5H3/t18-/m1/s1. The van der Waals surface area contributed by atoms with E-state index in [1.165, 1.54) is 0 Å². The predicted octanol–water partition coefficient (Wildman–Crippen LogP) is 3.65. The molecule has 0 aliphatic carbocycles. The Bertz CT molecular complexity index is 847. The van der Waals surface area contributed by atoms with E-state index in [0.717, 1.165) is 5.69 Å². The minimum Gasteiger partial charge on any atom is -0.465 e. The molecule has 0 fully saturated rings. The Balaban J connectivity index is 2.62. The predicted molar refractivity (Wildman–Crippen MR) is 111 cm³/mol. The van der Waals surface area contributed by atoms with Gasteiger partial charge in [0.05, 0.1) is 13.2 Å². The summed E-state index contributed by atoms with van der Waals surface area (Å²) in [7, 11) is 0. The van der Waals surface area contributed by atoms with Gasteiger partial charge in [-0.15, -0.1) is 0 Å². The summed E-state index contributed by atoms with van der Waals surface area (Å²) in [5, 5.41) is 0. The lowest BCUT2D eigenvalue weighted by atomic mass is 9.88. The summed E-state index contributed by atoms with van der Waals surface area (Å²) in [5.74, 6) is -5.08. The topological polar surface area (TPSA) is 83.8 Å². The molecule has 0 saturated heterocycles. The fourth-order valence-corrected chi connectivity index (χ4v) is 3.10. The van der Waals surface area contributed by atoms with Crippen molar-refractivity contribution >= 4 is 17.9 Å². The van der Waals surface area contributed by atoms with E-state index in [2.05, 4.69) is 0 Å². The fourth-order valence-electron chi connectivity index (χ4n) is 3.10. The lowest BCUT2D eigenvalue weighted by Gasteiger charge is -2.28. The number of para-hydroxylation sites is 1. The average Bonchev–Trinajstić information content (AvgIpc) is 3.14. The van der Waals surface area contributed by atoms with Crippen LogP contribution in [0.15, 0.2) is 48.7 Å². The Morgan fingerprint density at radius 1 is 0.867 bits per heavy atom. The van der Waals surface area contributed by atoms with Crippen LogP contribution in [-0.2, 0) is 28.6 Å². The van der Waals surface area contributed by atoms with Gasteiger partial charge in [0.2, 0.25) is 0 Å². The number of rotatable bonds is 8. The molecule has 2 aromatic rings. The molecule has 7 nitrogen and oxygen atoms in total. The summed E-state index contributed by atoms with van der Waals surface area (Å²) in [6.45, 7) is 8.57. The van der Waals surface area contributed by atoms with Crippen LogP contribution in [0.4, 0.5) is 0 Å². The molecule has 2 rings (SSSR count). The van der Waals surface area contributed by atoms with Crippen LogP contribution in [0.1, 0.15) is 46.2 Å². The lowest BCUT2D eigenvalue weighted by molar-refractivity contribution is -0.172. The summed E-state index contributed by atoms with van der Waals surface area (Å²) >= 11 is 0. The van der Waals surface area contributed by atoms with E-state index < -0.39 is 35.3 Å². The molecule has 1 aromatic carbocycles. The van der Waals surface area contributed by atoms with Gasteiger partial charge in [-0.1, -0.05) is 18.2 Å². The molecule has 0 bridgehead atoms. The van der Waals surface area contributed by atoms with E-state index >= 15 is 0 Å². The summed E-state index contributed by atoms with van der Waals surface area (Å²) in [4.78, 5) is 38.8. The maximum atomic E-state index is 13.2. The van der Waals surface area contributed by atoms with Gasteiger partial charge in [-0.05, 0) is 58.9 Å². The van der Waals surface area contributed by atoms with Gasteiger partial charge in [0, 0.05) is 17.6 Å². The molecule has 0 radical (unpaired) electrons. The van der Waals surface area contributed by atoms with Gasteiger partial charge in [0.1, 0.15) is 11.5 Å². The van der Waals surface area contributed by atoms with Crippen molar-refractivity contribution in [2.45, 2.75) is 46.1 Å². The molecule has 0 aliphatic rings. The molecule has 0 unspecified atom stereocenters. The summed E-state index contributed by atoms with van der Waals surface area (Å²) in [5.41, 5.74) is 0.395. The molecule has 1 atom stereocenters. The number of esters is 3. The van der Waals surface area contributed by atoms with Crippen LogP contribution < -0.4 is 0 Å². The lowest BCUT2D eigenvalue weighted by Crippen LogP contribution is -2.40. The molecular weight excluding hydrogens is 386 g/mol. The number of nitrogens with zero attached hydrogens (tertiary/aromatic N) is 1. The summed E-state index contributed by atoms with van der Waals surface area (Å²) in [6.07, 6.45) is 1.76. The van der Waals surface area contributed by atoms with Crippen molar-refractivity contribution < 1.29 is 28.6 Å². The van der Waals surface area contributed by atoms with E-state index in [0.29, 0.717) is 5.69 Å². The van der Waals surface area contributed by atoms with Crippen LogP contribution in [0.25, 0.3) is 5.69 Å². The second kappa shape index (κ2) is 10.1. The van der Waals surface area contributed by atoms with Crippen molar-refractivity contribution in [1.82, 2.24) is 4.57 Å². The Hall–Kier alpha value is -3.09. The number of benzene rings is 1. The Labute approximate surface area is 176 Å². The molecule has 0 saturated carbocycles. The molecule has 1 aromatic heterocycles. The van der Waals surface area contributed by atoms with Gasteiger partial charge in [0.15, 0.2) is 5.92 Å². The number of carbonyl (C=O) groups excluding carboxylic acids is 3. The molecule has 7 heteroatoms. The third-order valence-electron chi connectivity index (χ3n) is 4.21. The molecule has 1 heterocycles. The van der Waals surface area contributed by atoms with E-state index in [1.807, 2.05) is 30.3 Å². The third kappa shape index (κ3) is 5.72. The first-order valence-corrected chi connectivity index (χ1v) is 9.98. The first kappa shape index (κ1) is 23.2. The fraction of sp³-hybridized carbons (Fsp3) is 0.435. The molecular formula is C23H29NO6. The van der Waals surface area contributed by atoms with Crippen molar-refractivity contribution in [3.63, 3.8) is 0 Å². The minimum atomic E-state index is -1.49. The van der Waals surface area contributed by atoms with Crippen LogP contribution in [-0.4, -0.2) is 41.3 Å². The quantitative estimate of drug-likeness (QED) is 0.372. The van der Waals surface area contributed by atoms with Crippen molar-refractivity contribution in [2.75, 3.05) is 13.2 Å². The SMILES string of the molecule is CCOC(=O)C(C(=O)OCC)[C@H](C(=O)OC(C)(C)C)c1cccn1-c1ccccc1. The van der Waals surface area contributed by atoms with Gasteiger partial charge in [-0.25, -0.2) is 0 Å². The van der Waals surface area contributed by atoms with Gasteiger partial charge in [-0.3, -0.25) is 14.4 Å². The summed E-state index contributed by atoms with van der Waals surface area (Å²) in [6, 6.07) is 12.7. The maximum absolute atomic E-state index is 13.2. The van der Waals surface area contributed by atoms with Gasteiger partial charge in [0.25, 0.3) is 0 Å². The van der Waals surface area contributed by atoms with Crippen LogP contribution in [0.3, 0.4) is 0 Å². The second-order valence-corrected chi connectivity index (χ2v) is 7.63.